The molecular weight excluding hydrogens is 500 g/mol. The molecule has 2 aromatic heterocycles. The third-order valence-corrected chi connectivity index (χ3v) is 7.63. The van der Waals surface area contributed by atoms with E-state index in [-0.39, 0.29) is 12.8 Å². The molecule has 0 fully saturated rings. The molecule has 0 spiro atoms. The monoisotopic (exact) mass is 528 g/mol. The van der Waals surface area contributed by atoms with Gasteiger partial charge in [-0.05, 0) is 37.1 Å². The molecule has 0 aliphatic carbocycles. The number of para-hydroxylation sites is 4. The molecule has 40 heavy (non-hydrogen) atoms. The second-order valence-corrected chi connectivity index (χ2v) is 10.1. The van der Waals surface area contributed by atoms with Crippen molar-refractivity contribution >= 4 is 55.6 Å². The van der Waals surface area contributed by atoms with Gasteiger partial charge in [-0.15, -0.1) is 0 Å². The van der Waals surface area contributed by atoms with Gasteiger partial charge in [-0.2, -0.15) is 9.13 Å². The topological polar surface area (TPSA) is 88.0 Å². The molecule has 0 atom stereocenters. The van der Waals surface area contributed by atoms with Crippen LogP contribution in [0.2, 0.25) is 0 Å². The highest BCUT2D eigenvalue weighted by Gasteiger charge is 2.27. The minimum atomic E-state index is -1.04. The molecule has 0 unspecified atom stereocenters. The predicted octanol–water partition coefficient (Wildman–Crippen LogP) is 3.60. The number of pyridine rings is 2. The molecule has 0 aliphatic heterocycles. The standard InChI is InChI=1S/C34H28N2O4/c37-31(38)19-9-21-35-27-15-5-1-11-23(27)33(24-12-2-6-16-28(24)35)34-25-13-3-7-17-29(25)36(22-10-20-32(39)40)30-18-8-4-14-26(30)34/h1-8,11-18H,9-10,19-22H2. The fourth-order valence-corrected chi connectivity index (χ4v) is 6.01. The second-order valence-electron chi connectivity index (χ2n) is 10.1. The van der Waals surface area contributed by atoms with E-state index in [1.807, 2.05) is 48.5 Å². The molecule has 0 radical (unpaired) electrons. The predicted molar refractivity (Wildman–Crippen MR) is 151 cm³/mol. The van der Waals surface area contributed by atoms with Crippen LogP contribution in [0, 0.1) is 0 Å². The Balaban J connectivity index is 1.71. The Morgan fingerprint density at radius 2 is 0.750 bits per heavy atom. The van der Waals surface area contributed by atoms with Crippen molar-refractivity contribution in [3.63, 3.8) is 0 Å². The zero-order valence-electron chi connectivity index (χ0n) is 22.0. The number of carbonyl (C=O) groups excluding carboxylic acids is 2. The summed E-state index contributed by atoms with van der Waals surface area (Å²) in [6.07, 6.45) is 0.958. The molecule has 2 heterocycles. The summed E-state index contributed by atoms with van der Waals surface area (Å²) in [6, 6.07) is 33.2. The van der Waals surface area contributed by atoms with Gasteiger partial charge < -0.3 is 19.8 Å². The Morgan fingerprint density at radius 1 is 0.475 bits per heavy atom. The molecule has 6 aromatic rings. The number of fused-ring (bicyclic) bond motifs is 4. The molecular formula is C34H28N2O4. The van der Waals surface area contributed by atoms with Crippen LogP contribution < -0.4 is 19.3 Å². The summed E-state index contributed by atoms with van der Waals surface area (Å²) in [6.45, 7) is 1.12. The number of aromatic nitrogens is 2. The summed E-state index contributed by atoms with van der Waals surface area (Å²) in [7, 11) is 0. The van der Waals surface area contributed by atoms with Gasteiger partial charge >= 0.3 is 0 Å². The van der Waals surface area contributed by atoms with Gasteiger partial charge in [-0.25, -0.2) is 0 Å². The third kappa shape index (κ3) is 4.51. The lowest BCUT2D eigenvalue weighted by Crippen LogP contribution is -2.37. The maximum Gasteiger partial charge on any atom is 0.213 e. The first-order valence-electron chi connectivity index (χ1n) is 13.6. The van der Waals surface area contributed by atoms with Gasteiger partial charge in [0.2, 0.25) is 22.1 Å². The zero-order chi connectivity index (χ0) is 27.6. The van der Waals surface area contributed by atoms with Gasteiger partial charge in [-0.3, -0.25) is 0 Å². The molecule has 0 N–H and O–H groups in total. The van der Waals surface area contributed by atoms with Crippen molar-refractivity contribution in [1.29, 1.82) is 0 Å². The molecule has 0 saturated carbocycles. The molecule has 4 aromatic carbocycles. The number of carboxylic acids is 2. The average Bonchev–Trinajstić information content (AvgIpc) is 2.97. The van der Waals surface area contributed by atoms with Crippen molar-refractivity contribution in [2.45, 2.75) is 38.8 Å². The number of carboxylic acid groups (broad SMARTS) is 2. The molecule has 0 bridgehead atoms. The van der Waals surface area contributed by atoms with E-state index >= 15 is 0 Å². The van der Waals surface area contributed by atoms with Crippen LogP contribution in [0.1, 0.15) is 25.7 Å². The summed E-state index contributed by atoms with van der Waals surface area (Å²) < 4.78 is 4.43. The smallest absolute Gasteiger partial charge is 0.213 e. The SMILES string of the molecule is O=C([O-])CCC[n+]1c2ccccc2c(-c2c3ccccc3[n+](CCCC(=O)[O-])c3ccccc23)c2ccccc21. The van der Waals surface area contributed by atoms with E-state index < -0.39 is 11.9 Å². The summed E-state index contributed by atoms with van der Waals surface area (Å²) >= 11 is 0. The molecule has 198 valence electrons. The Bertz CT molecular complexity index is 1670. The number of aliphatic carboxylic acids is 2. The van der Waals surface area contributed by atoms with E-state index in [2.05, 4.69) is 57.7 Å². The number of hydrogen-bond acceptors (Lipinski definition) is 4. The van der Waals surface area contributed by atoms with E-state index in [0.29, 0.717) is 25.9 Å². The Kier molecular flexibility index (Phi) is 6.83. The third-order valence-electron chi connectivity index (χ3n) is 7.63. The van der Waals surface area contributed by atoms with Gasteiger partial charge in [-0.1, -0.05) is 48.5 Å². The van der Waals surface area contributed by atoms with Crippen molar-refractivity contribution in [2.75, 3.05) is 0 Å². The summed E-state index contributed by atoms with van der Waals surface area (Å²) in [4.78, 5) is 22.4. The average molecular weight is 529 g/mol. The van der Waals surface area contributed by atoms with Crippen molar-refractivity contribution in [3.8, 4) is 11.1 Å². The minimum absolute atomic E-state index is 0.00328. The van der Waals surface area contributed by atoms with E-state index in [0.717, 1.165) is 54.7 Å². The van der Waals surface area contributed by atoms with E-state index in [1.165, 1.54) is 0 Å². The van der Waals surface area contributed by atoms with Crippen molar-refractivity contribution in [1.82, 2.24) is 0 Å². The maximum absolute atomic E-state index is 11.2. The first-order valence-corrected chi connectivity index (χ1v) is 13.6. The van der Waals surface area contributed by atoms with E-state index in [4.69, 9.17) is 0 Å². The second kappa shape index (κ2) is 10.7. The largest absolute Gasteiger partial charge is 0.550 e. The van der Waals surface area contributed by atoms with Gasteiger partial charge in [0.1, 0.15) is 13.1 Å². The van der Waals surface area contributed by atoms with Crippen LogP contribution in [0.15, 0.2) is 97.1 Å². The van der Waals surface area contributed by atoms with Crippen LogP contribution in [0.3, 0.4) is 0 Å². The molecule has 0 amide bonds. The van der Waals surface area contributed by atoms with E-state index in [9.17, 15) is 19.8 Å². The van der Waals surface area contributed by atoms with Crippen LogP contribution in [0.4, 0.5) is 0 Å². The number of hydrogen-bond donors (Lipinski definition) is 0. The normalized spacial score (nSPS) is 11.5. The Labute approximate surface area is 231 Å². The first kappa shape index (κ1) is 25.4. The zero-order valence-corrected chi connectivity index (χ0v) is 22.0. The molecule has 0 aliphatic rings. The van der Waals surface area contributed by atoms with Crippen molar-refractivity contribution in [3.05, 3.63) is 97.1 Å². The van der Waals surface area contributed by atoms with Crippen LogP contribution >= 0.6 is 0 Å². The fourth-order valence-electron chi connectivity index (χ4n) is 6.01. The van der Waals surface area contributed by atoms with Gasteiger partial charge in [0.25, 0.3) is 0 Å². The van der Waals surface area contributed by atoms with Crippen molar-refractivity contribution < 1.29 is 28.9 Å². The number of rotatable bonds is 9. The van der Waals surface area contributed by atoms with Crippen LogP contribution in [0.5, 0.6) is 0 Å². The lowest BCUT2D eigenvalue weighted by Gasteiger charge is -2.16. The first-order chi connectivity index (χ1) is 19.5. The fraction of sp³-hybridized carbons (Fsp3) is 0.176. The molecule has 6 nitrogen and oxygen atoms in total. The van der Waals surface area contributed by atoms with Gasteiger partial charge in [0.05, 0.1) is 21.5 Å². The highest BCUT2D eigenvalue weighted by atomic mass is 16.4. The lowest BCUT2D eigenvalue weighted by molar-refractivity contribution is -0.646. The Morgan fingerprint density at radius 3 is 1.02 bits per heavy atom. The highest BCUT2D eigenvalue weighted by Crippen LogP contribution is 2.41. The summed E-state index contributed by atoms with van der Waals surface area (Å²) in [5.41, 5.74) is 6.39. The van der Waals surface area contributed by atoms with Crippen molar-refractivity contribution in [2.24, 2.45) is 0 Å². The quantitative estimate of drug-likeness (QED) is 0.212. The summed E-state index contributed by atoms with van der Waals surface area (Å²) in [5.74, 6) is -2.08. The highest BCUT2D eigenvalue weighted by molar-refractivity contribution is 6.18. The minimum Gasteiger partial charge on any atom is -0.550 e. The number of aryl methyl sites for hydroxylation is 2. The van der Waals surface area contributed by atoms with Crippen LogP contribution in [-0.4, -0.2) is 11.9 Å². The number of carbonyl (C=O) groups is 2. The maximum atomic E-state index is 11.2. The van der Waals surface area contributed by atoms with Crippen LogP contribution in [-0.2, 0) is 22.7 Å². The number of benzene rings is 4. The van der Waals surface area contributed by atoms with Gasteiger partial charge in [0.15, 0.2) is 0 Å². The van der Waals surface area contributed by atoms with Crippen LogP contribution in [0.25, 0.3) is 54.7 Å². The van der Waals surface area contributed by atoms with E-state index in [1.54, 1.807) is 0 Å². The lowest BCUT2D eigenvalue weighted by atomic mass is 9.90. The summed E-state index contributed by atoms with van der Waals surface area (Å²) in [5, 5.41) is 26.7. The number of nitrogens with zero attached hydrogens (tertiary/aromatic N) is 2. The van der Waals surface area contributed by atoms with Gasteiger partial charge in [0, 0.05) is 60.2 Å². The Hall–Kier alpha value is -4.84. The molecule has 6 rings (SSSR count). The molecule has 6 heteroatoms. The molecule has 0 saturated heterocycles.